The summed E-state index contributed by atoms with van der Waals surface area (Å²) in [7, 11) is 0. The van der Waals surface area contributed by atoms with Crippen LogP contribution < -0.4 is 10.2 Å². The average Bonchev–Trinajstić information content (AvgIpc) is 2.87. The molecular formula is C12H22N4S. The van der Waals surface area contributed by atoms with Crippen molar-refractivity contribution >= 4 is 16.7 Å². The highest BCUT2D eigenvalue weighted by molar-refractivity contribution is 7.09. The fourth-order valence-corrected chi connectivity index (χ4v) is 3.09. The molecule has 4 nitrogen and oxygen atoms in total. The molecule has 1 aromatic heterocycles. The van der Waals surface area contributed by atoms with E-state index in [1.165, 1.54) is 18.0 Å². The molecule has 1 aliphatic rings. The highest BCUT2D eigenvalue weighted by atomic mass is 32.1. The zero-order chi connectivity index (χ0) is 12.5. The van der Waals surface area contributed by atoms with E-state index < -0.39 is 0 Å². The number of rotatable bonds is 3. The largest absolute Gasteiger partial charge is 0.343 e. The zero-order valence-electron chi connectivity index (χ0n) is 11.2. The van der Waals surface area contributed by atoms with Crippen LogP contribution in [0.5, 0.6) is 0 Å². The number of hydrogen-bond donors (Lipinski definition) is 1. The SMILES string of the molecule is CCN(c1nc(C(C)(C)C)ns1)C1CCNC1. The monoisotopic (exact) mass is 254 g/mol. The minimum atomic E-state index is 0.0437. The first-order chi connectivity index (χ1) is 8.02. The van der Waals surface area contributed by atoms with Gasteiger partial charge in [0.15, 0.2) is 0 Å². The Bertz CT molecular complexity index is 363. The molecule has 0 spiro atoms. The van der Waals surface area contributed by atoms with Gasteiger partial charge in [-0.05, 0) is 19.9 Å². The summed E-state index contributed by atoms with van der Waals surface area (Å²) >= 11 is 1.53. The molecule has 1 saturated heterocycles. The molecule has 1 fully saturated rings. The first-order valence-electron chi connectivity index (χ1n) is 6.34. The summed E-state index contributed by atoms with van der Waals surface area (Å²) in [5.41, 5.74) is 0.0437. The summed E-state index contributed by atoms with van der Waals surface area (Å²) in [4.78, 5) is 7.08. The van der Waals surface area contributed by atoms with E-state index in [2.05, 4.69) is 42.3 Å². The van der Waals surface area contributed by atoms with Crippen molar-refractivity contribution in [1.82, 2.24) is 14.7 Å². The van der Waals surface area contributed by atoms with Crippen molar-refractivity contribution in [3.05, 3.63) is 5.82 Å². The molecule has 1 atom stereocenters. The molecule has 1 aromatic rings. The van der Waals surface area contributed by atoms with Crippen LogP contribution >= 0.6 is 11.5 Å². The van der Waals surface area contributed by atoms with Crippen LogP contribution in [0.4, 0.5) is 5.13 Å². The van der Waals surface area contributed by atoms with Crippen molar-refractivity contribution in [3.8, 4) is 0 Å². The van der Waals surface area contributed by atoms with Crippen molar-refractivity contribution in [2.24, 2.45) is 0 Å². The smallest absolute Gasteiger partial charge is 0.205 e. The molecule has 17 heavy (non-hydrogen) atoms. The first kappa shape index (κ1) is 12.8. The van der Waals surface area contributed by atoms with E-state index in [9.17, 15) is 0 Å². The molecule has 0 aliphatic carbocycles. The Hall–Kier alpha value is -0.680. The lowest BCUT2D eigenvalue weighted by Gasteiger charge is -2.26. The number of hydrogen-bond acceptors (Lipinski definition) is 5. The lowest BCUT2D eigenvalue weighted by Crippen LogP contribution is -2.36. The summed E-state index contributed by atoms with van der Waals surface area (Å²) in [5.74, 6) is 0.960. The molecule has 2 rings (SSSR count). The van der Waals surface area contributed by atoms with Crippen LogP contribution in [-0.2, 0) is 5.41 Å². The second-order valence-electron chi connectivity index (χ2n) is 5.58. The summed E-state index contributed by atoms with van der Waals surface area (Å²) < 4.78 is 4.50. The fraction of sp³-hybridized carbons (Fsp3) is 0.833. The number of anilines is 1. The Labute approximate surface area is 108 Å². The Kier molecular flexibility index (Phi) is 3.68. The second kappa shape index (κ2) is 4.90. The van der Waals surface area contributed by atoms with Crippen LogP contribution in [-0.4, -0.2) is 35.0 Å². The molecule has 2 heterocycles. The zero-order valence-corrected chi connectivity index (χ0v) is 12.0. The van der Waals surface area contributed by atoms with E-state index in [0.29, 0.717) is 6.04 Å². The van der Waals surface area contributed by atoms with Gasteiger partial charge in [-0.2, -0.15) is 4.37 Å². The maximum atomic E-state index is 4.70. The van der Waals surface area contributed by atoms with Gasteiger partial charge < -0.3 is 10.2 Å². The van der Waals surface area contributed by atoms with Gasteiger partial charge >= 0.3 is 0 Å². The van der Waals surface area contributed by atoms with Crippen LogP contribution in [0.2, 0.25) is 0 Å². The molecule has 1 N–H and O–H groups in total. The molecule has 96 valence electrons. The van der Waals surface area contributed by atoms with Gasteiger partial charge in [0.05, 0.1) is 0 Å². The van der Waals surface area contributed by atoms with E-state index in [4.69, 9.17) is 4.98 Å². The highest BCUT2D eigenvalue weighted by Gasteiger charge is 2.26. The molecule has 1 aliphatic heterocycles. The van der Waals surface area contributed by atoms with Crippen LogP contribution in [0.1, 0.15) is 39.9 Å². The van der Waals surface area contributed by atoms with Crippen LogP contribution in [0.15, 0.2) is 0 Å². The van der Waals surface area contributed by atoms with E-state index in [1.807, 2.05) is 0 Å². The Balaban J connectivity index is 2.17. The van der Waals surface area contributed by atoms with Gasteiger partial charge in [-0.3, -0.25) is 0 Å². The molecule has 5 heteroatoms. The van der Waals surface area contributed by atoms with Gasteiger partial charge in [0.25, 0.3) is 0 Å². The molecule has 0 bridgehead atoms. The summed E-state index contributed by atoms with van der Waals surface area (Å²) in [5, 5.41) is 4.48. The lowest BCUT2D eigenvalue weighted by atomic mass is 9.96. The molecular weight excluding hydrogens is 232 g/mol. The quantitative estimate of drug-likeness (QED) is 0.896. The van der Waals surface area contributed by atoms with Crippen molar-refractivity contribution in [1.29, 1.82) is 0 Å². The maximum Gasteiger partial charge on any atom is 0.205 e. The maximum absolute atomic E-state index is 4.70. The van der Waals surface area contributed by atoms with Crippen LogP contribution in [0.25, 0.3) is 0 Å². The van der Waals surface area contributed by atoms with Gasteiger partial charge in [0, 0.05) is 36.1 Å². The van der Waals surface area contributed by atoms with Gasteiger partial charge in [-0.1, -0.05) is 20.8 Å². The number of aromatic nitrogens is 2. The first-order valence-corrected chi connectivity index (χ1v) is 7.11. The summed E-state index contributed by atoms with van der Waals surface area (Å²) in [6.45, 7) is 11.9. The lowest BCUT2D eigenvalue weighted by molar-refractivity contribution is 0.552. The van der Waals surface area contributed by atoms with Crippen molar-refractivity contribution in [2.45, 2.75) is 45.6 Å². The van der Waals surface area contributed by atoms with Crippen LogP contribution in [0, 0.1) is 0 Å². The van der Waals surface area contributed by atoms with Crippen molar-refractivity contribution < 1.29 is 0 Å². The molecule has 0 amide bonds. The molecule has 1 unspecified atom stereocenters. The highest BCUT2D eigenvalue weighted by Crippen LogP contribution is 2.27. The number of likely N-dealkylation sites (N-methyl/N-ethyl adjacent to an activating group) is 1. The second-order valence-corrected chi connectivity index (χ2v) is 6.31. The number of nitrogens with one attached hydrogen (secondary N) is 1. The predicted molar refractivity (Wildman–Crippen MR) is 72.9 cm³/mol. The summed E-state index contributed by atoms with van der Waals surface area (Å²) in [6, 6.07) is 0.584. The Morgan fingerprint density at radius 3 is 2.71 bits per heavy atom. The summed E-state index contributed by atoms with van der Waals surface area (Å²) in [6.07, 6.45) is 1.21. The third-order valence-electron chi connectivity index (χ3n) is 3.15. The normalized spacial score (nSPS) is 20.8. The Morgan fingerprint density at radius 2 is 2.24 bits per heavy atom. The van der Waals surface area contributed by atoms with E-state index in [-0.39, 0.29) is 5.41 Å². The van der Waals surface area contributed by atoms with E-state index >= 15 is 0 Å². The fourth-order valence-electron chi connectivity index (χ4n) is 2.09. The third kappa shape index (κ3) is 2.77. The standard InChI is InChI=1S/C12H22N4S/c1-5-16(9-6-7-13-8-9)11-14-10(15-17-11)12(2,3)4/h9,13H,5-8H2,1-4H3. The van der Waals surface area contributed by atoms with Gasteiger partial charge in [-0.15, -0.1) is 0 Å². The topological polar surface area (TPSA) is 41.1 Å². The van der Waals surface area contributed by atoms with Crippen LogP contribution in [0.3, 0.4) is 0 Å². The van der Waals surface area contributed by atoms with Crippen molar-refractivity contribution in [2.75, 3.05) is 24.5 Å². The van der Waals surface area contributed by atoms with Gasteiger partial charge in [-0.25, -0.2) is 4.98 Å². The number of nitrogens with zero attached hydrogens (tertiary/aromatic N) is 3. The Morgan fingerprint density at radius 1 is 1.47 bits per heavy atom. The van der Waals surface area contributed by atoms with Gasteiger partial charge in [0.2, 0.25) is 5.13 Å². The van der Waals surface area contributed by atoms with E-state index in [1.54, 1.807) is 0 Å². The van der Waals surface area contributed by atoms with Gasteiger partial charge in [0.1, 0.15) is 5.82 Å². The molecule has 0 aromatic carbocycles. The average molecular weight is 254 g/mol. The predicted octanol–water partition coefficient (Wildman–Crippen LogP) is 2.02. The molecule has 0 saturated carbocycles. The molecule has 0 radical (unpaired) electrons. The van der Waals surface area contributed by atoms with Crippen molar-refractivity contribution in [3.63, 3.8) is 0 Å². The van der Waals surface area contributed by atoms with E-state index in [0.717, 1.165) is 30.6 Å². The minimum Gasteiger partial charge on any atom is -0.343 e. The minimum absolute atomic E-state index is 0.0437. The third-order valence-corrected chi connectivity index (χ3v) is 3.90.